The fourth-order valence-electron chi connectivity index (χ4n) is 1.66. The van der Waals surface area contributed by atoms with Gasteiger partial charge in [-0.25, -0.2) is 26.3 Å². The molecule has 0 fully saturated rings. The lowest BCUT2D eigenvalue weighted by molar-refractivity contribution is -0.139. The van der Waals surface area contributed by atoms with Crippen LogP contribution in [0.2, 0.25) is 5.02 Å². The van der Waals surface area contributed by atoms with Gasteiger partial charge >= 0.3 is 6.18 Å². The standard InChI is InChI=1S/C12H16ClF3N2O4S2/c1-2-23(19,20)17-6-3-7-18-24(21,22)11-5-4-9(13)8-10(11)12(14,15)16/h4-5,8,17-18H,2-3,6-7H2,1H3. The van der Waals surface area contributed by atoms with Gasteiger partial charge in [0.1, 0.15) is 0 Å². The summed E-state index contributed by atoms with van der Waals surface area (Å²) in [7, 11) is -7.83. The molecule has 0 aliphatic carbocycles. The van der Waals surface area contributed by atoms with Crippen LogP contribution < -0.4 is 9.44 Å². The molecule has 0 saturated heterocycles. The molecule has 0 aliphatic heterocycles. The van der Waals surface area contributed by atoms with Crippen LogP contribution in [0.4, 0.5) is 13.2 Å². The molecule has 2 N–H and O–H groups in total. The summed E-state index contributed by atoms with van der Waals surface area (Å²) < 4.78 is 89.5. The second-order valence-electron chi connectivity index (χ2n) is 4.69. The van der Waals surface area contributed by atoms with Crippen LogP contribution in [0.25, 0.3) is 0 Å². The molecule has 0 radical (unpaired) electrons. The van der Waals surface area contributed by atoms with Crippen molar-refractivity contribution < 1.29 is 30.0 Å². The molecule has 138 valence electrons. The van der Waals surface area contributed by atoms with Gasteiger partial charge in [0.15, 0.2) is 0 Å². The second kappa shape index (κ2) is 8.00. The van der Waals surface area contributed by atoms with Crippen LogP contribution in [-0.2, 0) is 26.2 Å². The number of alkyl halides is 3. The minimum Gasteiger partial charge on any atom is -0.215 e. The van der Waals surface area contributed by atoms with Crippen molar-refractivity contribution in [3.05, 3.63) is 28.8 Å². The first kappa shape index (κ1) is 21.2. The zero-order chi connectivity index (χ0) is 18.6. The molecule has 0 amide bonds. The molecular weight excluding hydrogens is 393 g/mol. The van der Waals surface area contributed by atoms with Crippen molar-refractivity contribution in [3.8, 4) is 0 Å². The first-order valence-corrected chi connectivity index (χ1v) is 10.2. The predicted molar refractivity (Wildman–Crippen MR) is 83.7 cm³/mol. The minimum atomic E-state index is -4.88. The second-order valence-corrected chi connectivity index (χ2v) is 8.95. The Morgan fingerprint density at radius 3 is 2.21 bits per heavy atom. The molecule has 0 aromatic heterocycles. The summed E-state index contributed by atoms with van der Waals surface area (Å²) in [6, 6.07) is 2.35. The molecule has 1 aromatic rings. The third-order valence-electron chi connectivity index (χ3n) is 2.88. The first-order chi connectivity index (χ1) is 10.9. The highest BCUT2D eigenvalue weighted by molar-refractivity contribution is 7.89. The SMILES string of the molecule is CCS(=O)(=O)NCCCNS(=O)(=O)c1ccc(Cl)cc1C(F)(F)F. The lowest BCUT2D eigenvalue weighted by atomic mass is 10.2. The smallest absolute Gasteiger partial charge is 0.215 e. The van der Waals surface area contributed by atoms with Crippen LogP contribution in [-0.4, -0.2) is 35.7 Å². The van der Waals surface area contributed by atoms with Gasteiger partial charge in [-0.05, 0) is 31.5 Å². The van der Waals surface area contributed by atoms with E-state index in [1.807, 2.05) is 4.72 Å². The molecule has 1 aromatic carbocycles. The fraction of sp³-hybridized carbons (Fsp3) is 0.500. The van der Waals surface area contributed by atoms with Gasteiger partial charge in [0.25, 0.3) is 0 Å². The number of rotatable bonds is 8. The minimum absolute atomic E-state index is 0.0363. The van der Waals surface area contributed by atoms with E-state index in [4.69, 9.17) is 11.6 Å². The van der Waals surface area contributed by atoms with Crippen molar-refractivity contribution in [3.63, 3.8) is 0 Å². The summed E-state index contributed by atoms with van der Waals surface area (Å²) in [5.74, 6) is -0.127. The van der Waals surface area contributed by atoms with Crippen LogP contribution in [0.5, 0.6) is 0 Å². The van der Waals surface area contributed by atoms with Gasteiger partial charge in [0.05, 0.1) is 16.2 Å². The van der Waals surface area contributed by atoms with E-state index in [1.165, 1.54) is 6.92 Å². The molecule has 24 heavy (non-hydrogen) atoms. The maximum Gasteiger partial charge on any atom is 0.417 e. The molecule has 0 spiro atoms. The van der Waals surface area contributed by atoms with E-state index in [0.29, 0.717) is 6.07 Å². The Morgan fingerprint density at radius 2 is 1.67 bits per heavy atom. The van der Waals surface area contributed by atoms with E-state index in [1.54, 1.807) is 0 Å². The van der Waals surface area contributed by atoms with Gasteiger partial charge in [-0.1, -0.05) is 11.6 Å². The van der Waals surface area contributed by atoms with E-state index in [-0.39, 0.29) is 30.3 Å². The average molecular weight is 409 g/mol. The van der Waals surface area contributed by atoms with Gasteiger partial charge in [-0.2, -0.15) is 13.2 Å². The topological polar surface area (TPSA) is 92.3 Å². The number of halogens is 4. The maximum atomic E-state index is 12.9. The Bertz CT molecular complexity index is 780. The number of hydrogen-bond donors (Lipinski definition) is 2. The summed E-state index contributed by atoms with van der Waals surface area (Å²) in [6.07, 6.45) is -4.81. The summed E-state index contributed by atoms with van der Waals surface area (Å²) in [5, 5.41) is -0.241. The van der Waals surface area contributed by atoms with Gasteiger partial charge < -0.3 is 0 Å². The third kappa shape index (κ3) is 6.20. The van der Waals surface area contributed by atoms with E-state index in [9.17, 15) is 30.0 Å². The fourth-order valence-corrected chi connectivity index (χ4v) is 3.77. The molecule has 0 saturated carbocycles. The van der Waals surface area contributed by atoms with E-state index in [0.717, 1.165) is 12.1 Å². The Balaban J connectivity index is 2.80. The highest BCUT2D eigenvalue weighted by atomic mass is 35.5. The lowest BCUT2D eigenvalue weighted by Gasteiger charge is -2.14. The maximum absolute atomic E-state index is 12.9. The summed E-state index contributed by atoms with van der Waals surface area (Å²) in [6.45, 7) is 1.17. The monoisotopic (exact) mass is 408 g/mol. The molecule has 1 rings (SSSR count). The molecule has 0 atom stereocenters. The van der Waals surface area contributed by atoms with Crippen molar-refractivity contribution >= 4 is 31.6 Å². The molecule has 0 bridgehead atoms. The van der Waals surface area contributed by atoms with Gasteiger partial charge in [-0.3, -0.25) is 0 Å². The van der Waals surface area contributed by atoms with Crippen molar-refractivity contribution in [1.29, 1.82) is 0 Å². The van der Waals surface area contributed by atoms with Gasteiger partial charge in [0.2, 0.25) is 20.0 Å². The van der Waals surface area contributed by atoms with Crippen molar-refractivity contribution in [2.75, 3.05) is 18.8 Å². The van der Waals surface area contributed by atoms with E-state index in [2.05, 4.69) is 4.72 Å². The molecule has 12 heteroatoms. The van der Waals surface area contributed by atoms with Crippen LogP contribution in [0.1, 0.15) is 18.9 Å². The Morgan fingerprint density at radius 1 is 1.08 bits per heavy atom. The summed E-state index contributed by atoms with van der Waals surface area (Å²) in [5.41, 5.74) is -1.37. The quantitative estimate of drug-likeness (QED) is 0.643. The van der Waals surface area contributed by atoms with Crippen LogP contribution in [0.15, 0.2) is 23.1 Å². The van der Waals surface area contributed by atoms with Crippen LogP contribution in [0.3, 0.4) is 0 Å². The van der Waals surface area contributed by atoms with Gasteiger partial charge in [-0.15, -0.1) is 0 Å². The van der Waals surface area contributed by atoms with Gasteiger partial charge in [0, 0.05) is 18.1 Å². The molecule has 0 unspecified atom stereocenters. The first-order valence-electron chi connectivity index (χ1n) is 6.73. The molecular formula is C12H16ClF3N2O4S2. The molecule has 0 aliphatic rings. The summed E-state index contributed by atoms with van der Waals surface area (Å²) >= 11 is 5.49. The number of hydrogen-bond acceptors (Lipinski definition) is 4. The van der Waals surface area contributed by atoms with Crippen molar-refractivity contribution in [1.82, 2.24) is 9.44 Å². The molecule has 0 heterocycles. The Kier molecular flexibility index (Phi) is 7.05. The van der Waals surface area contributed by atoms with Crippen LogP contribution in [0, 0.1) is 0 Å². The van der Waals surface area contributed by atoms with Crippen LogP contribution >= 0.6 is 11.6 Å². The summed E-state index contributed by atoms with van der Waals surface area (Å²) in [4.78, 5) is -0.937. The lowest BCUT2D eigenvalue weighted by Crippen LogP contribution is -2.31. The number of nitrogens with one attached hydrogen (secondary N) is 2. The normalized spacial score (nSPS) is 13.2. The predicted octanol–water partition coefficient (Wildman–Crippen LogP) is 1.97. The number of sulfonamides is 2. The molecule has 6 nitrogen and oxygen atoms in total. The number of benzene rings is 1. The largest absolute Gasteiger partial charge is 0.417 e. The highest BCUT2D eigenvalue weighted by Crippen LogP contribution is 2.35. The van der Waals surface area contributed by atoms with Crippen molar-refractivity contribution in [2.45, 2.75) is 24.4 Å². The van der Waals surface area contributed by atoms with E-state index >= 15 is 0 Å². The zero-order valence-electron chi connectivity index (χ0n) is 12.5. The average Bonchev–Trinajstić information content (AvgIpc) is 2.45. The highest BCUT2D eigenvalue weighted by Gasteiger charge is 2.37. The Labute approximate surface area is 143 Å². The Hall–Kier alpha value is -0.880. The third-order valence-corrected chi connectivity index (χ3v) is 6.04. The zero-order valence-corrected chi connectivity index (χ0v) is 14.9. The van der Waals surface area contributed by atoms with E-state index < -0.39 is 36.7 Å². The van der Waals surface area contributed by atoms with Crippen molar-refractivity contribution in [2.24, 2.45) is 0 Å².